The molecule has 2 rings (SSSR count). The Morgan fingerprint density at radius 2 is 2.19 bits per heavy atom. The van der Waals surface area contributed by atoms with Crippen molar-refractivity contribution < 1.29 is 19.1 Å². The highest BCUT2D eigenvalue weighted by molar-refractivity contribution is 5.93. The number of carboxylic acid groups (broad SMARTS) is 1. The first kappa shape index (κ1) is 15.4. The number of aliphatic carboxylic acids is 1. The number of anilines is 1. The lowest BCUT2D eigenvalue weighted by atomic mass is 10.0. The van der Waals surface area contributed by atoms with Crippen LogP contribution in [-0.2, 0) is 9.59 Å². The Labute approximate surface area is 122 Å². The van der Waals surface area contributed by atoms with Gasteiger partial charge in [0.2, 0.25) is 5.91 Å². The van der Waals surface area contributed by atoms with Gasteiger partial charge in [0.1, 0.15) is 11.9 Å². The van der Waals surface area contributed by atoms with E-state index in [1.807, 2.05) is 0 Å². The van der Waals surface area contributed by atoms with E-state index in [0.29, 0.717) is 18.7 Å². The summed E-state index contributed by atoms with van der Waals surface area (Å²) in [5.74, 6) is -1.64. The van der Waals surface area contributed by atoms with Crippen molar-refractivity contribution >= 4 is 17.6 Å². The predicted molar refractivity (Wildman–Crippen MR) is 76.6 cm³/mol. The molecule has 0 radical (unpaired) electrons. The van der Waals surface area contributed by atoms with Crippen LogP contribution >= 0.6 is 0 Å². The number of carbonyl (C=O) groups is 2. The highest BCUT2D eigenvalue weighted by atomic mass is 19.1. The third kappa shape index (κ3) is 4.01. The van der Waals surface area contributed by atoms with Crippen LogP contribution in [0.15, 0.2) is 18.2 Å². The molecule has 1 heterocycles. The van der Waals surface area contributed by atoms with Gasteiger partial charge in [0, 0.05) is 5.69 Å². The van der Waals surface area contributed by atoms with Crippen LogP contribution in [0, 0.1) is 12.7 Å². The van der Waals surface area contributed by atoms with Crippen LogP contribution in [0.25, 0.3) is 0 Å². The SMILES string of the molecule is Cc1ccc(F)cc1NC(=O)CN1CCCCC1C(=O)O. The number of carbonyl (C=O) groups excluding carboxylic acids is 1. The summed E-state index contributed by atoms with van der Waals surface area (Å²) < 4.78 is 13.2. The third-order valence-electron chi connectivity index (χ3n) is 3.72. The molecular formula is C15H19FN2O3. The summed E-state index contributed by atoms with van der Waals surface area (Å²) in [6.45, 7) is 2.37. The molecule has 1 amide bonds. The molecule has 1 aromatic rings. The minimum Gasteiger partial charge on any atom is -0.480 e. The minimum absolute atomic E-state index is 0.00687. The zero-order valence-corrected chi connectivity index (χ0v) is 11.9. The van der Waals surface area contributed by atoms with Gasteiger partial charge in [-0.25, -0.2) is 4.39 Å². The van der Waals surface area contributed by atoms with E-state index in [4.69, 9.17) is 5.11 Å². The van der Waals surface area contributed by atoms with Gasteiger partial charge in [-0.2, -0.15) is 0 Å². The van der Waals surface area contributed by atoms with Gasteiger partial charge in [-0.1, -0.05) is 12.5 Å². The van der Waals surface area contributed by atoms with E-state index < -0.39 is 17.8 Å². The van der Waals surface area contributed by atoms with Gasteiger partial charge in [-0.15, -0.1) is 0 Å². The van der Waals surface area contributed by atoms with Gasteiger partial charge in [-0.3, -0.25) is 14.5 Å². The number of amides is 1. The zero-order valence-electron chi connectivity index (χ0n) is 11.9. The largest absolute Gasteiger partial charge is 0.480 e. The highest BCUT2D eigenvalue weighted by Crippen LogP contribution is 2.19. The van der Waals surface area contributed by atoms with Crippen LogP contribution in [0.4, 0.5) is 10.1 Å². The van der Waals surface area contributed by atoms with Crippen molar-refractivity contribution in [2.75, 3.05) is 18.4 Å². The quantitative estimate of drug-likeness (QED) is 0.891. The lowest BCUT2D eigenvalue weighted by molar-refractivity contribution is -0.145. The second-order valence-corrected chi connectivity index (χ2v) is 5.33. The van der Waals surface area contributed by atoms with Crippen LogP contribution in [0.1, 0.15) is 24.8 Å². The number of halogens is 1. The molecule has 114 valence electrons. The van der Waals surface area contributed by atoms with Gasteiger partial charge >= 0.3 is 5.97 Å². The highest BCUT2D eigenvalue weighted by Gasteiger charge is 2.29. The zero-order chi connectivity index (χ0) is 15.4. The average Bonchev–Trinajstić information content (AvgIpc) is 2.43. The summed E-state index contributed by atoms with van der Waals surface area (Å²) >= 11 is 0. The van der Waals surface area contributed by atoms with Crippen LogP contribution in [0.2, 0.25) is 0 Å². The Balaban J connectivity index is 2.00. The van der Waals surface area contributed by atoms with Gasteiger partial charge in [0.25, 0.3) is 0 Å². The molecule has 1 aromatic carbocycles. The fraction of sp³-hybridized carbons (Fsp3) is 0.467. The molecule has 0 aromatic heterocycles. The summed E-state index contributed by atoms with van der Waals surface area (Å²) in [6.07, 6.45) is 2.30. The summed E-state index contributed by atoms with van der Waals surface area (Å²) in [6, 6.07) is 3.57. The van der Waals surface area contributed by atoms with Crippen LogP contribution in [-0.4, -0.2) is 41.0 Å². The number of benzene rings is 1. The average molecular weight is 294 g/mol. The van der Waals surface area contributed by atoms with Crippen molar-refractivity contribution in [1.29, 1.82) is 0 Å². The van der Waals surface area contributed by atoms with E-state index in [-0.39, 0.29) is 12.5 Å². The van der Waals surface area contributed by atoms with Crippen LogP contribution < -0.4 is 5.32 Å². The molecule has 6 heteroatoms. The van der Waals surface area contributed by atoms with E-state index in [9.17, 15) is 14.0 Å². The maximum absolute atomic E-state index is 13.2. The normalized spacial score (nSPS) is 19.2. The fourth-order valence-electron chi connectivity index (χ4n) is 2.56. The summed E-state index contributed by atoms with van der Waals surface area (Å²) in [5.41, 5.74) is 1.18. The van der Waals surface area contributed by atoms with Gasteiger partial charge < -0.3 is 10.4 Å². The molecule has 1 unspecified atom stereocenters. The molecule has 1 aliphatic rings. The number of rotatable bonds is 4. The van der Waals surface area contributed by atoms with E-state index in [2.05, 4.69) is 5.32 Å². The van der Waals surface area contributed by atoms with E-state index in [0.717, 1.165) is 18.4 Å². The minimum atomic E-state index is -0.899. The Bertz CT molecular complexity index is 548. The summed E-state index contributed by atoms with van der Waals surface area (Å²) in [5, 5.41) is 11.8. The molecule has 1 saturated heterocycles. The van der Waals surface area contributed by atoms with Crippen molar-refractivity contribution in [2.24, 2.45) is 0 Å². The number of hydrogen-bond acceptors (Lipinski definition) is 3. The molecule has 21 heavy (non-hydrogen) atoms. The lowest BCUT2D eigenvalue weighted by Gasteiger charge is -2.32. The number of aryl methyl sites for hydroxylation is 1. The van der Waals surface area contributed by atoms with Crippen molar-refractivity contribution in [1.82, 2.24) is 4.90 Å². The first-order valence-corrected chi connectivity index (χ1v) is 7.00. The summed E-state index contributed by atoms with van der Waals surface area (Å²) in [4.78, 5) is 24.9. The Morgan fingerprint density at radius 3 is 2.90 bits per heavy atom. The molecule has 1 atom stereocenters. The predicted octanol–water partition coefficient (Wildman–Crippen LogP) is 2.01. The molecule has 1 fully saturated rings. The molecule has 0 saturated carbocycles. The number of carboxylic acids is 1. The van der Waals surface area contributed by atoms with Crippen LogP contribution in [0.5, 0.6) is 0 Å². The van der Waals surface area contributed by atoms with E-state index in [1.165, 1.54) is 12.1 Å². The first-order valence-electron chi connectivity index (χ1n) is 7.00. The number of piperidine rings is 1. The van der Waals surface area contributed by atoms with Crippen molar-refractivity contribution in [3.05, 3.63) is 29.6 Å². The molecular weight excluding hydrogens is 275 g/mol. The number of likely N-dealkylation sites (tertiary alicyclic amines) is 1. The number of nitrogens with one attached hydrogen (secondary N) is 1. The van der Waals surface area contributed by atoms with Crippen molar-refractivity contribution in [3.63, 3.8) is 0 Å². The van der Waals surface area contributed by atoms with E-state index in [1.54, 1.807) is 17.9 Å². The van der Waals surface area contributed by atoms with Crippen molar-refractivity contribution in [2.45, 2.75) is 32.2 Å². The molecule has 5 nitrogen and oxygen atoms in total. The lowest BCUT2D eigenvalue weighted by Crippen LogP contribution is -2.47. The standard InChI is InChI=1S/C15H19FN2O3/c1-10-5-6-11(16)8-12(10)17-14(19)9-18-7-3-2-4-13(18)15(20)21/h5-6,8,13H,2-4,7,9H2,1H3,(H,17,19)(H,20,21). The van der Waals surface area contributed by atoms with Gasteiger partial charge in [0.05, 0.1) is 6.54 Å². The number of nitrogens with zero attached hydrogens (tertiary/aromatic N) is 1. The third-order valence-corrected chi connectivity index (χ3v) is 3.72. The fourth-order valence-corrected chi connectivity index (χ4v) is 2.56. The van der Waals surface area contributed by atoms with Crippen molar-refractivity contribution in [3.8, 4) is 0 Å². The van der Waals surface area contributed by atoms with E-state index >= 15 is 0 Å². The molecule has 2 N–H and O–H groups in total. The first-order chi connectivity index (χ1) is 9.97. The number of hydrogen-bond donors (Lipinski definition) is 2. The summed E-state index contributed by atoms with van der Waals surface area (Å²) in [7, 11) is 0. The molecule has 1 aliphatic heterocycles. The topological polar surface area (TPSA) is 69.6 Å². The smallest absolute Gasteiger partial charge is 0.320 e. The second-order valence-electron chi connectivity index (χ2n) is 5.33. The molecule has 0 spiro atoms. The monoisotopic (exact) mass is 294 g/mol. The van der Waals surface area contributed by atoms with Gasteiger partial charge in [0.15, 0.2) is 0 Å². The molecule has 0 aliphatic carbocycles. The second kappa shape index (κ2) is 6.67. The maximum atomic E-state index is 13.2. The maximum Gasteiger partial charge on any atom is 0.320 e. The Hall–Kier alpha value is -1.95. The molecule has 0 bridgehead atoms. The Morgan fingerprint density at radius 1 is 1.43 bits per heavy atom. The Kier molecular flexibility index (Phi) is 4.90. The van der Waals surface area contributed by atoms with Crippen LogP contribution in [0.3, 0.4) is 0 Å². The van der Waals surface area contributed by atoms with Gasteiger partial charge in [-0.05, 0) is 44.0 Å².